The second-order valence-corrected chi connectivity index (χ2v) is 4.93. The van der Waals surface area contributed by atoms with Gasteiger partial charge in [0.1, 0.15) is 0 Å². The molecule has 0 saturated carbocycles. The van der Waals surface area contributed by atoms with Gasteiger partial charge in [0.15, 0.2) is 0 Å². The maximum absolute atomic E-state index is 5.63. The molecule has 0 bridgehead atoms. The molecule has 0 aromatic rings. The van der Waals surface area contributed by atoms with Crippen molar-refractivity contribution in [1.29, 1.82) is 0 Å². The van der Waals surface area contributed by atoms with Crippen LogP contribution in [0, 0.1) is 0 Å². The molecule has 1 unspecified atom stereocenters. The first-order chi connectivity index (χ1) is 4.27. The van der Waals surface area contributed by atoms with Crippen LogP contribution in [0.2, 0.25) is 0 Å². The van der Waals surface area contributed by atoms with E-state index in [0.717, 1.165) is 55.5 Å². The molecule has 0 aliphatic rings. The zero-order valence-corrected chi connectivity index (χ0v) is 9.39. The van der Waals surface area contributed by atoms with E-state index in [4.69, 9.17) is 11.5 Å². The van der Waals surface area contributed by atoms with Gasteiger partial charge in [0, 0.05) is 0 Å². The van der Waals surface area contributed by atoms with Crippen molar-refractivity contribution in [3.05, 3.63) is 0 Å². The van der Waals surface area contributed by atoms with Gasteiger partial charge in [0.2, 0.25) is 0 Å². The van der Waals surface area contributed by atoms with Crippen molar-refractivity contribution in [3.8, 4) is 0 Å². The van der Waals surface area contributed by atoms with Gasteiger partial charge in [-0.05, 0) is 0 Å². The number of hydrogen-bond acceptors (Lipinski definition) is 2. The molecule has 0 aromatic heterocycles. The van der Waals surface area contributed by atoms with Crippen LogP contribution in [-0.4, -0.2) is 313 Å². The fourth-order valence-corrected chi connectivity index (χ4v) is 1.42. The van der Waals surface area contributed by atoms with Gasteiger partial charge in [-0.2, -0.15) is 0 Å². The second-order valence-electron chi connectivity index (χ2n) is 2.62. The Morgan fingerprint density at radius 3 is 1.57 bits per heavy atom. The molecule has 1 atom stereocenters. The van der Waals surface area contributed by atoms with E-state index < -0.39 is 0 Å². The first kappa shape index (κ1) is 39.0. The van der Waals surface area contributed by atoms with Crippen LogP contribution in [0.15, 0.2) is 0 Å². The van der Waals surface area contributed by atoms with E-state index in [9.17, 15) is 0 Å². The van der Waals surface area contributed by atoms with Crippen molar-refractivity contribution in [3.63, 3.8) is 0 Å². The van der Waals surface area contributed by atoms with Crippen LogP contribution in [0.4, 0.5) is 0 Å². The Labute approximate surface area is 336 Å². The van der Waals surface area contributed by atoms with Gasteiger partial charge in [0.05, 0.1) is 0 Å². The molecule has 0 aromatic carbocycles. The fraction of sp³-hybridized carbons (Fsp3) is 1.00. The molecule has 14 heavy (non-hydrogen) atoms. The Morgan fingerprint density at radius 1 is 0.857 bits per heavy atom. The molecule has 0 amide bonds. The van der Waals surface area contributed by atoms with Crippen molar-refractivity contribution in [2.24, 2.45) is 11.5 Å². The summed E-state index contributed by atoms with van der Waals surface area (Å²) in [6.45, 7) is 0.834. The predicted molar refractivity (Wildman–Crippen MR) is 77.0 cm³/mol. The number of unbranched alkanes of at least 4 members (excludes halogenated alkanes) is 2. The molecule has 0 aliphatic carbocycles. The molecule has 0 heterocycles. The summed E-state index contributed by atoms with van der Waals surface area (Å²) in [5.41, 5.74) is 11.0. The fourth-order valence-electron chi connectivity index (χ4n) is 0.787. The molecule has 0 radical (unpaired) electrons. The summed E-state index contributed by atoms with van der Waals surface area (Å²) in [7, 11) is 0. The summed E-state index contributed by atoms with van der Waals surface area (Å²) in [5.74, 6) is 0. The van der Waals surface area contributed by atoms with E-state index in [1.807, 2.05) is 0 Å². The van der Waals surface area contributed by atoms with Gasteiger partial charge in [0.25, 0.3) is 0 Å². The third-order valence-electron chi connectivity index (χ3n) is 1.36. The monoisotopic (exact) mass is 354 g/mol. The predicted octanol–water partition coefficient (Wildman–Crippen LogP) is -3.28. The summed E-state index contributed by atoms with van der Waals surface area (Å²) < 4.78 is 0.551. The first-order valence-electron chi connectivity index (χ1n) is 3.73. The molecule has 60 valence electrons. The van der Waals surface area contributed by atoms with Crippen LogP contribution in [0.3, 0.4) is 0 Å². The average Bonchev–Trinajstić information content (AvgIpc) is 1.80. The van der Waals surface area contributed by atoms with Crippen LogP contribution < -0.4 is 11.5 Å². The maximum atomic E-state index is 5.63. The van der Waals surface area contributed by atoms with E-state index in [2.05, 4.69) is 0 Å². The van der Waals surface area contributed by atoms with Crippen LogP contribution in [0.5, 0.6) is 0 Å². The third-order valence-corrected chi connectivity index (χ3v) is 2.27. The first-order valence-corrected chi connectivity index (χ1v) is 5.53. The van der Waals surface area contributed by atoms with Gasteiger partial charge in [-0.25, -0.2) is 0 Å². The van der Waals surface area contributed by atoms with Gasteiger partial charge < -0.3 is 0 Å². The standard InChI is InChI=1S/C6H15N2.6K.5H/c7-5-3-1-2-4-6-8;;;;;;;;;;;/h5H,1-4,6-8H2;;;;;;;;;;;. The van der Waals surface area contributed by atoms with Crippen LogP contribution in [-0.2, 0) is 0 Å². The Kier molecular flexibility index (Phi) is 95.1. The topological polar surface area (TPSA) is 52.0 Å². The van der Waals surface area contributed by atoms with Crippen molar-refractivity contribution in [1.82, 2.24) is 0 Å². The minimum absolute atomic E-state index is 0. The summed E-state index contributed by atoms with van der Waals surface area (Å²) in [6.07, 6.45) is 4.93. The van der Waals surface area contributed by atoms with Crippen LogP contribution >= 0.6 is 0 Å². The van der Waals surface area contributed by atoms with Crippen LogP contribution in [0.25, 0.3) is 0 Å². The third kappa shape index (κ3) is 37.7. The van der Waals surface area contributed by atoms with Gasteiger partial charge in [-0.15, -0.1) is 0 Å². The normalized spacial score (nSPS) is 8.86. The Bertz CT molecular complexity index is 66.3. The molecule has 0 aliphatic heterocycles. The molecule has 0 fully saturated rings. The van der Waals surface area contributed by atoms with Crippen molar-refractivity contribution in [2.45, 2.75) is 25.8 Å². The average molecular weight is 355 g/mol. The Hall–Kier alpha value is 9.74. The summed E-state index contributed by atoms with van der Waals surface area (Å²) in [5, 5.41) is 0. The summed E-state index contributed by atoms with van der Waals surface area (Å²) in [4.78, 5) is 0. The number of nitrogens with two attached hydrogens (primary N) is 2. The summed E-state index contributed by atoms with van der Waals surface area (Å²) in [6, 6.07) is 0. The van der Waals surface area contributed by atoms with Gasteiger partial charge in [-0.3, -0.25) is 0 Å². The molecule has 0 spiro atoms. The Balaban J connectivity index is -0.0000000320. The molecular formula is C6H20K6N2. The van der Waals surface area contributed by atoms with Crippen molar-refractivity contribution in [2.75, 3.05) is 6.54 Å². The molecule has 8 heteroatoms. The SMILES string of the molecule is NCCCCC[CH](N)[K].[KH].[KH].[KH].[KH].[KH]. The Morgan fingerprint density at radius 2 is 1.29 bits per heavy atom. The minimum atomic E-state index is 0. The van der Waals surface area contributed by atoms with Crippen LogP contribution in [0.1, 0.15) is 25.7 Å². The van der Waals surface area contributed by atoms with E-state index in [0.29, 0.717) is 0.136 Å². The van der Waals surface area contributed by atoms with Crippen molar-refractivity contribution >= 4 is 306 Å². The molecule has 0 rings (SSSR count). The zero-order valence-electron chi connectivity index (χ0n) is 6.27. The molecule has 4 N–H and O–H groups in total. The van der Waals surface area contributed by atoms with Gasteiger partial charge >= 0.3 is 350 Å². The zero-order chi connectivity index (χ0) is 7.11. The van der Waals surface area contributed by atoms with E-state index in [1.54, 1.807) is 0 Å². The van der Waals surface area contributed by atoms with E-state index >= 15 is 0 Å². The number of rotatable bonds is 5. The molecule has 2 nitrogen and oxygen atoms in total. The number of hydrogen-bond donors (Lipinski definition) is 2. The van der Waals surface area contributed by atoms with Gasteiger partial charge in [-0.1, -0.05) is 0 Å². The van der Waals surface area contributed by atoms with E-state index in [-0.39, 0.29) is 257 Å². The second kappa shape index (κ2) is 34.1. The summed E-state index contributed by atoms with van der Waals surface area (Å²) >= 11 is 0.815. The quantitative estimate of drug-likeness (QED) is 0.402. The molecule has 0 saturated heterocycles. The van der Waals surface area contributed by atoms with E-state index in [1.165, 1.54) is 25.7 Å². The van der Waals surface area contributed by atoms with Crippen molar-refractivity contribution < 1.29 is 0 Å². The molecular weight excluding hydrogens is 335 g/mol.